The summed E-state index contributed by atoms with van der Waals surface area (Å²) in [6.45, 7) is 0.746. The van der Waals surface area contributed by atoms with Crippen LogP contribution in [0.4, 0.5) is 5.69 Å². The number of anilines is 1. The van der Waals surface area contributed by atoms with E-state index < -0.39 is 0 Å². The highest BCUT2D eigenvalue weighted by molar-refractivity contribution is 5.94. The topological polar surface area (TPSA) is 64.0 Å². The lowest BCUT2D eigenvalue weighted by atomic mass is 9.88. The third-order valence-corrected chi connectivity index (χ3v) is 5.31. The number of aryl methyl sites for hydroxylation is 1. The maximum Gasteiger partial charge on any atom is 0.261 e. The van der Waals surface area contributed by atoms with Crippen LogP contribution in [-0.2, 0) is 17.8 Å². The van der Waals surface area contributed by atoms with Gasteiger partial charge in [-0.05, 0) is 43.9 Å². The lowest BCUT2D eigenvalue weighted by molar-refractivity contribution is -0.120. The fraction of sp³-hybridized carbons (Fsp3) is 0.526. The molecule has 1 aromatic carbocycles. The Morgan fingerprint density at radius 2 is 1.96 bits per heavy atom. The van der Waals surface area contributed by atoms with E-state index in [4.69, 9.17) is 0 Å². The molecule has 4 rings (SSSR count). The van der Waals surface area contributed by atoms with Gasteiger partial charge in [-0.25, -0.2) is 4.98 Å². The Hall–Kier alpha value is -2.17. The van der Waals surface area contributed by atoms with Gasteiger partial charge >= 0.3 is 0 Å². The molecule has 0 bridgehead atoms. The van der Waals surface area contributed by atoms with Crippen LogP contribution >= 0.6 is 0 Å². The third-order valence-electron chi connectivity index (χ3n) is 5.31. The molecular formula is C19H23N3O2. The van der Waals surface area contributed by atoms with Crippen molar-refractivity contribution in [2.75, 3.05) is 5.32 Å². The molecule has 1 N–H and O–H groups in total. The molecule has 1 fully saturated rings. The zero-order chi connectivity index (χ0) is 16.5. The zero-order valence-corrected chi connectivity index (χ0v) is 13.9. The van der Waals surface area contributed by atoms with Crippen LogP contribution in [0.5, 0.6) is 0 Å². The summed E-state index contributed by atoms with van der Waals surface area (Å²) < 4.78 is 1.79. The van der Waals surface area contributed by atoms with Crippen LogP contribution in [0, 0.1) is 5.92 Å². The fourth-order valence-corrected chi connectivity index (χ4v) is 3.93. The van der Waals surface area contributed by atoms with Gasteiger partial charge in [-0.15, -0.1) is 0 Å². The summed E-state index contributed by atoms with van der Waals surface area (Å²) in [5.74, 6) is 1.08. The second kappa shape index (κ2) is 6.38. The van der Waals surface area contributed by atoms with E-state index in [1.807, 2.05) is 12.1 Å². The number of benzene rings is 1. The molecule has 1 saturated carbocycles. The lowest BCUT2D eigenvalue weighted by Crippen LogP contribution is -2.28. The summed E-state index contributed by atoms with van der Waals surface area (Å²) in [5, 5.41) is 3.60. The van der Waals surface area contributed by atoms with Crippen LogP contribution in [0.15, 0.2) is 23.0 Å². The number of carbonyl (C=O) groups is 1. The van der Waals surface area contributed by atoms with Crippen molar-refractivity contribution in [2.24, 2.45) is 5.92 Å². The molecule has 0 spiro atoms. The molecule has 24 heavy (non-hydrogen) atoms. The molecule has 2 heterocycles. The standard InChI is InChI=1S/C19H23N3O2/c23-18(13-6-2-1-3-7-13)20-14-9-10-16-15(12-14)19(24)22-11-5-4-8-17(22)21-16/h9-10,12-13H,1-8,11H2,(H,20,23). The highest BCUT2D eigenvalue weighted by Crippen LogP contribution is 2.25. The molecule has 126 valence electrons. The van der Waals surface area contributed by atoms with Gasteiger partial charge in [0, 0.05) is 24.6 Å². The van der Waals surface area contributed by atoms with Crippen molar-refractivity contribution < 1.29 is 4.79 Å². The van der Waals surface area contributed by atoms with Gasteiger partial charge in [0.2, 0.25) is 5.91 Å². The molecule has 5 nitrogen and oxygen atoms in total. The molecule has 5 heteroatoms. The number of aromatic nitrogens is 2. The number of fused-ring (bicyclic) bond motifs is 2. The molecule has 2 aromatic rings. The lowest BCUT2D eigenvalue weighted by Gasteiger charge is -2.21. The molecule has 0 atom stereocenters. The van der Waals surface area contributed by atoms with Crippen LogP contribution < -0.4 is 10.9 Å². The predicted octanol–water partition coefficient (Wildman–Crippen LogP) is 3.25. The maximum absolute atomic E-state index is 12.7. The molecule has 1 amide bonds. The van der Waals surface area contributed by atoms with E-state index in [9.17, 15) is 9.59 Å². The Labute approximate surface area is 141 Å². The summed E-state index contributed by atoms with van der Waals surface area (Å²) in [6, 6.07) is 5.49. The molecule has 2 aliphatic rings. The van der Waals surface area contributed by atoms with Crippen LogP contribution in [0.3, 0.4) is 0 Å². The van der Waals surface area contributed by atoms with E-state index in [2.05, 4.69) is 10.3 Å². The Morgan fingerprint density at radius 3 is 2.79 bits per heavy atom. The van der Waals surface area contributed by atoms with E-state index in [1.165, 1.54) is 6.42 Å². The molecule has 0 radical (unpaired) electrons. The average molecular weight is 325 g/mol. The first-order valence-electron chi connectivity index (χ1n) is 9.07. The predicted molar refractivity (Wildman–Crippen MR) is 94.1 cm³/mol. The van der Waals surface area contributed by atoms with Gasteiger partial charge in [-0.1, -0.05) is 19.3 Å². The molecular weight excluding hydrogens is 302 g/mol. The minimum atomic E-state index is 0.0171. The SMILES string of the molecule is O=C(Nc1ccc2nc3n(c(=O)c2c1)CCCC3)C1CCCCC1. The van der Waals surface area contributed by atoms with Crippen molar-refractivity contribution in [1.29, 1.82) is 0 Å². The van der Waals surface area contributed by atoms with Crippen molar-refractivity contribution in [3.63, 3.8) is 0 Å². The maximum atomic E-state index is 12.7. The Kier molecular flexibility index (Phi) is 4.08. The summed E-state index contributed by atoms with van der Waals surface area (Å²) >= 11 is 0. The van der Waals surface area contributed by atoms with Gasteiger partial charge in [0.15, 0.2) is 0 Å². The van der Waals surface area contributed by atoms with Gasteiger partial charge in [0.25, 0.3) is 5.56 Å². The number of rotatable bonds is 2. The number of carbonyl (C=O) groups excluding carboxylic acids is 1. The largest absolute Gasteiger partial charge is 0.326 e. The number of nitrogens with one attached hydrogen (secondary N) is 1. The van der Waals surface area contributed by atoms with E-state index in [-0.39, 0.29) is 17.4 Å². The van der Waals surface area contributed by atoms with E-state index in [0.29, 0.717) is 11.1 Å². The summed E-state index contributed by atoms with van der Waals surface area (Å²) in [6.07, 6.45) is 8.42. The van der Waals surface area contributed by atoms with Gasteiger partial charge in [-0.2, -0.15) is 0 Å². The molecule has 0 unspecified atom stereocenters. The van der Waals surface area contributed by atoms with Crippen LogP contribution in [0.1, 0.15) is 50.8 Å². The number of amides is 1. The second-order valence-corrected chi connectivity index (χ2v) is 7.00. The summed E-state index contributed by atoms with van der Waals surface area (Å²) in [7, 11) is 0. The Balaban J connectivity index is 1.64. The van der Waals surface area contributed by atoms with Crippen LogP contribution in [0.25, 0.3) is 10.9 Å². The van der Waals surface area contributed by atoms with Crippen molar-refractivity contribution >= 4 is 22.5 Å². The first-order chi connectivity index (χ1) is 11.7. The van der Waals surface area contributed by atoms with Crippen LogP contribution in [0.2, 0.25) is 0 Å². The van der Waals surface area contributed by atoms with Gasteiger partial charge in [-0.3, -0.25) is 14.2 Å². The molecule has 0 saturated heterocycles. The van der Waals surface area contributed by atoms with Crippen LogP contribution in [-0.4, -0.2) is 15.5 Å². The minimum Gasteiger partial charge on any atom is -0.326 e. The number of nitrogens with zero attached hydrogens (tertiary/aromatic N) is 2. The summed E-state index contributed by atoms with van der Waals surface area (Å²) in [5.41, 5.74) is 1.45. The molecule has 1 aliphatic heterocycles. The number of hydrogen-bond acceptors (Lipinski definition) is 3. The summed E-state index contributed by atoms with van der Waals surface area (Å²) in [4.78, 5) is 29.8. The smallest absolute Gasteiger partial charge is 0.261 e. The van der Waals surface area contributed by atoms with Crippen molar-refractivity contribution in [1.82, 2.24) is 9.55 Å². The Morgan fingerprint density at radius 1 is 1.12 bits per heavy atom. The third kappa shape index (κ3) is 2.83. The van der Waals surface area contributed by atoms with Gasteiger partial charge < -0.3 is 5.32 Å². The highest BCUT2D eigenvalue weighted by atomic mass is 16.2. The van der Waals surface area contributed by atoms with Gasteiger partial charge in [0.05, 0.1) is 10.9 Å². The monoisotopic (exact) mass is 325 g/mol. The molecule has 1 aromatic heterocycles. The van der Waals surface area contributed by atoms with Crippen molar-refractivity contribution in [3.05, 3.63) is 34.4 Å². The second-order valence-electron chi connectivity index (χ2n) is 7.00. The van der Waals surface area contributed by atoms with Crippen molar-refractivity contribution in [3.8, 4) is 0 Å². The average Bonchev–Trinajstić information content (AvgIpc) is 2.63. The quantitative estimate of drug-likeness (QED) is 0.922. The van der Waals surface area contributed by atoms with E-state index >= 15 is 0 Å². The van der Waals surface area contributed by atoms with E-state index in [0.717, 1.165) is 62.8 Å². The normalized spacial score (nSPS) is 18.3. The minimum absolute atomic E-state index is 0.0171. The Bertz CT molecular complexity index is 834. The first-order valence-corrected chi connectivity index (χ1v) is 9.07. The van der Waals surface area contributed by atoms with Crippen molar-refractivity contribution in [2.45, 2.75) is 57.9 Å². The van der Waals surface area contributed by atoms with E-state index in [1.54, 1.807) is 10.6 Å². The fourth-order valence-electron chi connectivity index (χ4n) is 3.93. The van der Waals surface area contributed by atoms with Gasteiger partial charge in [0.1, 0.15) is 5.82 Å². The molecule has 1 aliphatic carbocycles. The zero-order valence-electron chi connectivity index (χ0n) is 13.9. The highest BCUT2D eigenvalue weighted by Gasteiger charge is 2.21. The number of hydrogen-bond donors (Lipinski definition) is 1. The first kappa shape index (κ1) is 15.4.